The molecule has 1 N–H and O–H groups in total. The van der Waals surface area contributed by atoms with Crippen molar-refractivity contribution in [2.24, 2.45) is 0 Å². The van der Waals surface area contributed by atoms with Gasteiger partial charge in [-0.1, -0.05) is 6.07 Å². The van der Waals surface area contributed by atoms with Crippen molar-refractivity contribution in [2.75, 3.05) is 19.3 Å². The molecule has 1 aliphatic rings. The Kier molecular flexibility index (Phi) is 5.69. The number of nitrogens with one attached hydrogen (secondary N) is 1. The highest BCUT2D eigenvalue weighted by Crippen LogP contribution is 2.14. The predicted molar refractivity (Wildman–Crippen MR) is 82.3 cm³/mol. The predicted octanol–water partition coefficient (Wildman–Crippen LogP) is 1.44. The molecule has 1 aliphatic heterocycles. The van der Waals surface area contributed by atoms with Gasteiger partial charge in [0.05, 0.1) is 6.26 Å². The third kappa shape index (κ3) is 5.54. The second-order valence-corrected chi connectivity index (χ2v) is 7.60. The fourth-order valence-corrected chi connectivity index (χ4v) is 3.51. The molecule has 1 saturated heterocycles. The molecule has 1 atom stereocenters. The highest BCUT2D eigenvalue weighted by Gasteiger charge is 2.25. The minimum Gasteiger partial charge on any atom is -0.341 e. The molecule has 0 unspecified atom stereocenters. The zero-order valence-corrected chi connectivity index (χ0v) is 13.7. The lowest BCUT2D eigenvalue weighted by atomic mass is 10.0. The van der Waals surface area contributed by atoms with Crippen molar-refractivity contribution in [1.82, 2.24) is 9.62 Å². The standard InChI is InChI=1S/C15H20F2N2O3S/c1-23(21,22)18-12-3-2-8-19(10-12)15(20)7-5-11-4-6-13(16)14(17)9-11/h4,6,9,12,18H,2-3,5,7-8,10H2,1H3/t12-/m1/s1. The van der Waals surface area contributed by atoms with Crippen LogP contribution in [-0.2, 0) is 21.2 Å². The average Bonchev–Trinajstić information content (AvgIpc) is 2.46. The van der Waals surface area contributed by atoms with Gasteiger partial charge in [0.15, 0.2) is 11.6 Å². The molecule has 0 aliphatic carbocycles. The lowest BCUT2D eigenvalue weighted by Gasteiger charge is -2.32. The number of carbonyl (C=O) groups is 1. The summed E-state index contributed by atoms with van der Waals surface area (Å²) < 4.78 is 51.0. The molecule has 0 aromatic heterocycles. The largest absolute Gasteiger partial charge is 0.341 e. The summed E-state index contributed by atoms with van der Waals surface area (Å²) in [5.41, 5.74) is 0.556. The number of carbonyl (C=O) groups excluding carboxylic acids is 1. The summed E-state index contributed by atoms with van der Waals surface area (Å²) >= 11 is 0. The molecule has 2 rings (SSSR count). The van der Waals surface area contributed by atoms with Crippen LogP contribution in [0.25, 0.3) is 0 Å². The summed E-state index contributed by atoms with van der Waals surface area (Å²) in [4.78, 5) is 13.8. The number of hydrogen-bond donors (Lipinski definition) is 1. The van der Waals surface area contributed by atoms with Crippen LogP contribution >= 0.6 is 0 Å². The first-order chi connectivity index (χ1) is 10.7. The lowest BCUT2D eigenvalue weighted by molar-refractivity contribution is -0.132. The van der Waals surface area contributed by atoms with E-state index >= 15 is 0 Å². The van der Waals surface area contributed by atoms with E-state index < -0.39 is 21.7 Å². The minimum atomic E-state index is -3.30. The fourth-order valence-electron chi connectivity index (χ4n) is 2.71. The summed E-state index contributed by atoms with van der Waals surface area (Å²) in [6.45, 7) is 0.919. The van der Waals surface area contributed by atoms with Gasteiger partial charge in [0, 0.05) is 25.6 Å². The molecule has 8 heteroatoms. The van der Waals surface area contributed by atoms with E-state index in [1.807, 2.05) is 0 Å². The number of amides is 1. The van der Waals surface area contributed by atoms with Gasteiger partial charge < -0.3 is 4.90 Å². The summed E-state index contributed by atoms with van der Waals surface area (Å²) in [7, 11) is -3.30. The Morgan fingerprint density at radius 1 is 1.35 bits per heavy atom. The van der Waals surface area contributed by atoms with E-state index in [4.69, 9.17) is 0 Å². The first kappa shape index (κ1) is 17.8. The number of hydrogen-bond acceptors (Lipinski definition) is 3. The van der Waals surface area contributed by atoms with Crippen molar-refractivity contribution in [3.63, 3.8) is 0 Å². The van der Waals surface area contributed by atoms with E-state index in [1.165, 1.54) is 6.07 Å². The molecule has 0 saturated carbocycles. The highest BCUT2D eigenvalue weighted by atomic mass is 32.2. The Labute approximate surface area is 134 Å². The van der Waals surface area contributed by atoms with E-state index in [-0.39, 0.29) is 18.4 Å². The monoisotopic (exact) mass is 346 g/mol. The molecular weight excluding hydrogens is 326 g/mol. The Morgan fingerprint density at radius 3 is 2.74 bits per heavy atom. The van der Waals surface area contributed by atoms with Crippen LogP contribution in [0.15, 0.2) is 18.2 Å². The van der Waals surface area contributed by atoms with Crippen LogP contribution < -0.4 is 4.72 Å². The molecule has 1 fully saturated rings. The molecule has 5 nitrogen and oxygen atoms in total. The fraction of sp³-hybridized carbons (Fsp3) is 0.533. The van der Waals surface area contributed by atoms with Crippen LogP contribution in [0.1, 0.15) is 24.8 Å². The molecule has 0 radical (unpaired) electrons. The Bertz CT molecular complexity index is 679. The van der Waals surface area contributed by atoms with Gasteiger partial charge in [-0.05, 0) is 37.0 Å². The molecule has 23 heavy (non-hydrogen) atoms. The second kappa shape index (κ2) is 7.35. The topological polar surface area (TPSA) is 66.5 Å². The van der Waals surface area contributed by atoms with Gasteiger partial charge in [-0.3, -0.25) is 4.79 Å². The number of halogens is 2. The number of benzene rings is 1. The van der Waals surface area contributed by atoms with E-state index in [2.05, 4.69) is 4.72 Å². The van der Waals surface area contributed by atoms with Crippen molar-refractivity contribution >= 4 is 15.9 Å². The van der Waals surface area contributed by atoms with Gasteiger partial charge in [-0.15, -0.1) is 0 Å². The van der Waals surface area contributed by atoms with E-state index in [1.54, 1.807) is 4.90 Å². The van der Waals surface area contributed by atoms with Gasteiger partial charge in [-0.2, -0.15) is 0 Å². The summed E-state index contributed by atoms with van der Waals surface area (Å²) in [5, 5.41) is 0. The molecule has 0 spiro atoms. The van der Waals surface area contributed by atoms with Crippen molar-refractivity contribution in [3.05, 3.63) is 35.4 Å². The first-order valence-electron chi connectivity index (χ1n) is 7.43. The number of piperidine rings is 1. The molecule has 1 aromatic rings. The van der Waals surface area contributed by atoms with Crippen molar-refractivity contribution < 1.29 is 22.0 Å². The SMILES string of the molecule is CS(=O)(=O)N[C@@H]1CCCN(C(=O)CCc2ccc(F)c(F)c2)C1. The van der Waals surface area contributed by atoms with Gasteiger partial charge >= 0.3 is 0 Å². The molecular formula is C15H20F2N2O3S. The minimum absolute atomic E-state index is 0.116. The second-order valence-electron chi connectivity index (χ2n) is 5.82. The number of nitrogens with zero attached hydrogens (tertiary/aromatic N) is 1. The zero-order valence-electron chi connectivity index (χ0n) is 12.9. The van der Waals surface area contributed by atoms with Crippen molar-refractivity contribution in [1.29, 1.82) is 0 Å². The number of aryl methyl sites for hydroxylation is 1. The molecule has 1 aromatic carbocycles. The normalized spacial score (nSPS) is 18.9. The zero-order chi connectivity index (χ0) is 17.0. The first-order valence-corrected chi connectivity index (χ1v) is 9.33. The highest BCUT2D eigenvalue weighted by molar-refractivity contribution is 7.88. The van der Waals surface area contributed by atoms with Gasteiger partial charge in [-0.25, -0.2) is 21.9 Å². The van der Waals surface area contributed by atoms with Gasteiger partial charge in [0.1, 0.15) is 0 Å². The van der Waals surface area contributed by atoms with Gasteiger partial charge in [0.25, 0.3) is 0 Å². The van der Waals surface area contributed by atoms with Crippen LogP contribution in [0.2, 0.25) is 0 Å². The molecule has 1 amide bonds. The molecule has 128 valence electrons. The third-order valence-electron chi connectivity index (χ3n) is 3.77. The third-order valence-corrected chi connectivity index (χ3v) is 4.53. The maximum Gasteiger partial charge on any atom is 0.222 e. The molecule has 0 bridgehead atoms. The smallest absolute Gasteiger partial charge is 0.222 e. The summed E-state index contributed by atoms with van der Waals surface area (Å²) in [6, 6.07) is 3.32. The Morgan fingerprint density at radius 2 is 2.09 bits per heavy atom. The van der Waals surface area contributed by atoms with Crippen LogP contribution in [0.5, 0.6) is 0 Å². The Balaban J connectivity index is 1.88. The molecule has 1 heterocycles. The van der Waals surface area contributed by atoms with Crippen molar-refractivity contribution in [2.45, 2.75) is 31.7 Å². The maximum atomic E-state index is 13.1. The van der Waals surface area contributed by atoms with Crippen LogP contribution in [-0.4, -0.2) is 44.6 Å². The van der Waals surface area contributed by atoms with Crippen molar-refractivity contribution in [3.8, 4) is 0 Å². The maximum absolute atomic E-state index is 13.1. The number of rotatable bonds is 5. The Hall–Kier alpha value is -1.54. The van der Waals surface area contributed by atoms with Crippen LogP contribution in [0.4, 0.5) is 8.78 Å². The van der Waals surface area contributed by atoms with Crippen LogP contribution in [0, 0.1) is 11.6 Å². The van der Waals surface area contributed by atoms with Gasteiger partial charge in [0.2, 0.25) is 15.9 Å². The van der Waals surface area contributed by atoms with Crippen LogP contribution in [0.3, 0.4) is 0 Å². The number of likely N-dealkylation sites (tertiary alicyclic amines) is 1. The summed E-state index contributed by atoms with van der Waals surface area (Å²) in [6.07, 6.45) is 3.01. The lowest BCUT2D eigenvalue weighted by Crippen LogP contribution is -2.49. The van der Waals surface area contributed by atoms with E-state index in [0.29, 0.717) is 31.5 Å². The summed E-state index contributed by atoms with van der Waals surface area (Å²) in [5.74, 6) is -1.95. The quantitative estimate of drug-likeness (QED) is 0.877. The van der Waals surface area contributed by atoms with E-state index in [9.17, 15) is 22.0 Å². The van der Waals surface area contributed by atoms with E-state index in [0.717, 1.165) is 24.8 Å². The number of sulfonamides is 1. The average molecular weight is 346 g/mol.